The second kappa shape index (κ2) is 10.6. The summed E-state index contributed by atoms with van der Waals surface area (Å²) in [5, 5.41) is 6.90. The fourth-order valence-corrected chi connectivity index (χ4v) is 4.83. The number of halogens is 2. The van der Waals surface area contributed by atoms with E-state index in [2.05, 4.69) is 22.2 Å². The average Bonchev–Trinajstić information content (AvgIpc) is 3.13. The van der Waals surface area contributed by atoms with Crippen molar-refractivity contribution < 1.29 is 9.59 Å². The quantitative estimate of drug-likeness (QED) is 0.319. The molecule has 2 aromatic carbocycles. The van der Waals surface area contributed by atoms with Crippen LogP contribution in [0.1, 0.15) is 10.4 Å². The number of hydrogen-bond acceptors (Lipinski definition) is 5. The third-order valence-electron chi connectivity index (χ3n) is 3.83. The summed E-state index contributed by atoms with van der Waals surface area (Å²) in [7, 11) is 0. The van der Waals surface area contributed by atoms with Crippen molar-refractivity contribution in [2.24, 2.45) is 0 Å². The molecular formula is C21H17Cl2N3O2S2. The summed E-state index contributed by atoms with van der Waals surface area (Å²) in [6.45, 7) is 3.99. The molecule has 0 spiro atoms. The molecule has 0 aliphatic rings. The molecule has 0 saturated carbocycles. The highest BCUT2D eigenvalue weighted by atomic mass is 35.5. The zero-order valence-corrected chi connectivity index (χ0v) is 18.8. The summed E-state index contributed by atoms with van der Waals surface area (Å²) in [5.41, 5.74) is 1.80. The van der Waals surface area contributed by atoms with E-state index >= 15 is 0 Å². The molecule has 30 heavy (non-hydrogen) atoms. The number of nitrogens with one attached hydrogen (secondary N) is 2. The smallest absolute Gasteiger partial charge is 0.257 e. The highest BCUT2D eigenvalue weighted by Gasteiger charge is 2.19. The molecular weight excluding hydrogens is 461 g/mol. The Kier molecular flexibility index (Phi) is 7.93. The summed E-state index contributed by atoms with van der Waals surface area (Å²) in [6, 6.07) is 14.2. The predicted molar refractivity (Wildman–Crippen MR) is 126 cm³/mol. The zero-order valence-electron chi connectivity index (χ0n) is 15.7. The van der Waals surface area contributed by atoms with E-state index in [1.165, 1.54) is 29.2 Å². The standard InChI is InChI=1S/C21H17Cl2N3O2S2/c1-2-10-24-17(27)12-29-21-25-18(13-6-4-3-5-7-13)20(30-21)26-19(28)15-9-8-14(22)11-16(15)23/h2-9,11H,1,10,12H2,(H,24,27)(H,26,28). The van der Waals surface area contributed by atoms with Crippen molar-refractivity contribution >= 4 is 63.1 Å². The van der Waals surface area contributed by atoms with Gasteiger partial charge in [-0.3, -0.25) is 9.59 Å². The van der Waals surface area contributed by atoms with E-state index in [0.29, 0.717) is 32.2 Å². The number of thiazole rings is 1. The first-order valence-corrected chi connectivity index (χ1v) is 11.4. The van der Waals surface area contributed by atoms with Gasteiger partial charge in [0.2, 0.25) is 5.91 Å². The Labute approximate surface area is 192 Å². The maximum Gasteiger partial charge on any atom is 0.257 e. The van der Waals surface area contributed by atoms with Crippen LogP contribution in [-0.2, 0) is 4.79 Å². The number of anilines is 1. The molecule has 1 heterocycles. The van der Waals surface area contributed by atoms with Crippen molar-refractivity contribution in [3.63, 3.8) is 0 Å². The lowest BCUT2D eigenvalue weighted by molar-refractivity contribution is -0.118. The topological polar surface area (TPSA) is 71.1 Å². The van der Waals surface area contributed by atoms with E-state index < -0.39 is 0 Å². The minimum atomic E-state index is -0.363. The normalized spacial score (nSPS) is 10.5. The monoisotopic (exact) mass is 477 g/mol. The summed E-state index contributed by atoms with van der Waals surface area (Å²) >= 11 is 14.7. The van der Waals surface area contributed by atoms with E-state index in [-0.39, 0.29) is 22.6 Å². The molecule has 0 aliphatic carbocycles. The van der Waals surface area contributed by atoms with Gasteiger partial charge in [0, 0.05) is 17.1 Å². The first kappa shape index (κ1) is 22.4. The lowest BCUT2D eigenvalue weighted by Gasteiger charge is -2.07. The van der Waals surface area contributed by atoms with Gasteiger partial charge in [0.25, 0.3) is 5.91 Å². The molecule has 3 aromatic rings. The molecule has 0 atom stereocenters. The van der Waals surface area contributed by atoms with Crippen molar-refractivity contribution in [2.45, 2.75) is 4.34 Å². The van der Waals surface area contributed by atoms with Crippen molar-refractivity contribution in [2.75, 3.05) is 17.6 Å². The number of rotatable bonds is 8. The van der Waals surface area contributed by atoms with Crippen LogP contribution >= 0.6 is 46.3 Å². The molecule has 9 heteroatoms. The van der Waals surface area contributed by atoms with Crippen LogP contribution in [0.25, 0.3) is 11.3 Å². The number of thioether (sulfide) groups is 1. The van der Waals surface area contributed by atoms with Gasteiger partial charge in [0.05, 0.1) is 16.3 Å². The lowest BCUT2D eigenvalue weighted by atomic mass is 10.1. The maximum atomic E-state index is 12.8. The van der Waals surface area contributed by atoms with Crippen molar-refractivity contribution in [3.05, 3.63) is 76.8 Å². The minimum absolute atomic E-state index is 0.116. The van der Waals surface area contributed by atoms with E-state index in [4.69, 9.17) is 23.2 Å². The number of carbonyl (C=O) groups excluding carboxylic acids is 2. The first-order valence-electron chi connectivity index (χ1n) is 8.81. The van der Waals surface area contributed by atoms with Crippen LogP contribution in [-0.4, -0.2) is 29.1 Å². The largest absolute Gasteiger partial charge is 0.352 e. The highest BCUT2D eigenvalue weighted by Crippen LogP contribution is 2.38. The third kappa shape index (κ3) is 5.86. The molecule has 0 fully saturated rings. The Balaban J connectivity index is 1.84. The van der Waals surface area contributed by atoms with Gasteiger partial charge in [-0.25, -0.2) is 4.98 Å². The number of nitrogens with zero attached hydrogens (tertiary/aromatic N) is 1. The fraction of sp³-hybridized carbons (Fsp3) is 0.0952. The molecule has 2 amide bonds. The van der Waals surface area contributed by atoms with Crippen molar-refractivity contribution in [1.29, 1.82) is 0 Å². The van der Waals surface area contributed by atoms with Crippen LogP contribution in [0.4, 0.5) is 5.00 Å². The number of carbonyl (C=O) groups is 2. The van der Waals surface area contributed by atoms with Gasteiger partial charge in [-0.2, -0.15) is 0 Å². The predicted octanol–water partition coefficient (Wildman–Crippen LogP) is 5.76. The van der Waals surface area contributed by atoms with E-state index in [0.717, 1.165) is 5.56 Å². The number of aromatic nitrogens is 1. The van der Waals surface area contributed by atoms with Crippen molar-refractivity contribution in [1.82, 2.24) is 10.3 Å². The van der Waals surface area contributed by atoms with Gasteiger partial charge < -0.3 is 10.6 Å². The second-order valence-electron chi connectivity index (χ2n) is 5.98. The molecule has 0 radical (unpaired) electrons. The van der Waals surface area contributed by atoms with Crippen LogP contribution in [0.2, 0.25) is 10.0 Å². The van der Waals surface area contributed by atoms with Gasteiger partial charge in [-0.05, 0) is 18.2 Å². The van der Waals surface area contributed by atoms with Gasteiger partial charge >= 0.3 is 0 Å². The molecule has 5 nitrogen and oxygen atoms in total. The Morgan fingerprint density at radius 3 is 2.63 bits per heavy atom. The molecule has 0 bridgehead atoms. The van der Waals surface area contributed by atoms with Crippen LogP contribution in [0.15, 0.2) is 65.5 Å². The number of hydrogen-bond donors (Lipinski definition) is 2. The third-order valence-corrected chi connectivity index (χ3v) is 6.49. The summed E-state index contributed by atoms with van der Waals surface area (Å²) in [5.74, 6) is -0.265. The molecule has 0 aliphatic heterocycles. The molecule has 3 rings (SSSR count). The summed E-state index contributed by atoms with van der Waals surface area (Å²) in [4.78, 5) is 29.3. The first-order chi connectivity index (χ1) is 14.5. The number of amides is 2. The van der Waals surface area contributed by atoms with Gasteiger partial charge in [0.1, 0.15) is 10.7 Å². The van der Waals surface area contributed by atoms with Gasteiger partial charge in [-0.1, -0.05) is 82.7 Å². The second-order valence-corrected chi connectivity index (χ2v) is 9.05. The average molecular weight is 478 g/mol. The fourth-order valence-electron chi connectivity index (χ4n) is 2.45. The Hall–Kier alpha value is -2.32. The van der Waals surface area contributed by atoms with Crippen LogP contribution < -0.4 is 10.6 Å². The Morgan fingerprint density at radius 2 is 1.93 bits per heavy atom. The van der Waals surface area contributed by atoms with Crippen LogP contribution in [0, 0.1) is 0 Å². The van der Waals surface area contributed by atoms with Crippen LogP contribution in [0.5, 0.6) is 0 Å². The van der Waals surface area contributed by atoms with Gasteiger partial charge in [0.15, 0.2) is 4.34 Å². The molecule has 2 N–H and O–H groups in total. The van der Waals surface area contributed by atoms with Crippen LogP contribution in [0.3, 0.4) is 0 Å². The van der Waals surface area contributed by atoms with Gasteiger partial charge in [-0.15, -0.1) is 6.58 Å². The SMILES string of the molecule is C=CCNC(=O)CSc1nc(-c2ccccc2)c(NC(=O)c2ccc(Cl)cc2Cl)s1. The summed E-state index contributed by atoms with van der Waals surface area (Å²) < 4.78 is 0.667. The zero-order chi connectivity index (χ0) is 21.5. The Bertz CT molecular complexity index is 1070. The van der Waals surface area contributed by atoms with E-state index in [1.54, 1.807) is 18.2 Å². The summed E-state index contributed by atoms with van der Waals surface area (Å²) in [6.07, 6.45) is 1.62. The number of benzene rings is 2. The van der Waals surface area contributed by atoms with Crippen molar-refractivity contribution in [3.8, 4) is 11.3 Å². The molecule has 1 aromatic heterocycles. The minimum Gasteiger partial charge on any atom is -0.352 e. The molecule has 0 unspecified atom stereocenters. The lowest BCUT2D eigenvalue weighted by Crippen LogP contribution is -2.24. The molecule has 154 valence electrons. The van der Waals surface area contributed by atoms with E-state index in [9.17, 15) is 9.59 Å². The molecule has 0 saturated heterocycles. The maximum absolute atomic E-state index is 12.8. The highest BCUT2D eigenvalue weighted by molar-refractivity contribution is 8.01. The Morgan fingerprint density at radius 1 is 1.17 bits per heavy atom. The van der Waals surface area contributed by atoms with E-state index in [1.807, 2.05) is 30.3 Å².